The van der Waals surface area contributed by atoms with E-state index in [1.807, 2.05) is 30.3 Å². The normalized spacial score (nSPS) is 16.9. The molecule has 1 saturated heterocycles. The maximum absolute atomic E-state index is 12.2. The fourth-order valence-electron chi connectivity index (χ4n) is 2.66. The molecule has 1 aliphatic rings. The number of oxazole rings is 1. The van der Waals surface area contributed by atoms with Crippen LogP contribution in [0.2, 0.25) is 0 Å². The number of carbonyl (C=O) groups excluding carboxylic acids is 1. The predicted octanol–water partition coefficient (Wildman–Crippen LogP) is 3.12. The quantitative estimate of drug-likeness (QED) is 0.753. The average molecular weight is 330 g/mol. The van der Waals surface area contributed by atoms with Crippen LogP contribution in [0.3, 0.4) is 0 Å². The lowest BCUT2D eigenvalue weighted by molar-refractivity contribution is 0.0861. The Morgan fingerprint density at radius 1 is 1.29 bits per heavy atom. The standard InChI is InChI=1S/C18H22N2O4/c21-18(16-17(24-13-20-16)15-9-6-12-23-15)19-10-4-5-11-22-14-7-2-1-3-8-14/h1-3,7-8,13,15H,4-6,9-12H2,(H,19,21)/t15-/m0/s1. The van der Waals surface area contributed by atoms with E-state index in [2.05, 4.69) is 10.3 Å². The van der Waals surface area contributed by atoms with E-state index < -0.39 is 0 Å². The number of hydrogen-bond donors (Lipinski definition) is 1. The van der Waals surface area contributed by atoms with Crippen LogP contribution in [0, 0.1) is 0 Å². The summed E-state index contributed by atoms with van der Waals surface area (Å²) in [5.41, 5.74) is 0.336. The highest BCUT2D eigenvalue weighted by atomic mass is 16.5. The van der Waals surface area contributed by atoms with Crippen molar-refractivity contribution < 1.29 is 18.7 Å². The Bertz CT molecular complexity index is 635. The van der Waals surface area contributed by atoms with E-state index in [-0.39, 0.29) is 12.0 Å². The second-order valence-electron chi connectivity index (χ2n) is 5.69. The van der Waals surface area contributed by atoms with Crippen molar-refractivity contribution in [1.29, 1.82) is 0 Å². The second kappa shape index (κ2) is 8.49. The third-order valence-corrected chi connectivity index (χ3v) is 3.90. The van der Waals surface area contributed by atoms with Gasteiger partial charge in [-0.2, -0.15) is 0 Å². The van der Waals surface area contributed by atoms with Gasteiger partial charge < -0.3 is 19.2 Å². The average Bonchev–Trinajstić information content (AvgIpc) is 3.29. The van der Waals surface area contributed by atoms with E-state index in [1.54, 1.807) is 0 Å². The Hall–Kier alpha value is -2.34. The van der Waals surface area contributed by atoms with Crippen LogP contribution < -0.4 is 10.1 Å². The molecule has 1 atom stereocenters. The van der Waals surface area contributed by atoms with E-state index in [4.69, 9.17) is 13.9 Å². The highest BCUT2D eigenvalue weighted by Gasteiger charge is 2.27. The minimum Gasteiger partial charge on any atom is -0.494 e. The number of aromatic nitrogens is 1. The van der Waals surface area contributed by atoms with Crippen molar-refractivity contribution >= 4 is 5.91 Å². The van der Waals surface area contributed by atoms with Crippen LogP contribution in [0.25, 0.3) is 0 Å². The second-order valence-corrected chi connectivity index (χ2v) is 5.69. The monoisotopic (exact) mass is 330 g/mol. The van der Waals surface area contributed by atoms with Crippen molar-refractivity contribution in [3.63, 3.8) is 0 Å². The third-order valence-electron chi connectivity index (χ3n) is 3.90. The van der Waals surface area contributed by atoms with Gasteiger partial charge in [-0.05, 0) is 37.8 Å². The molecule has 1 aromatic carbocycles. The number of carbonyl (C=O) groups is 1. The largest absolute Gasteiger partial charge is 0.494 e. The van der Waals surface area contributed by atoms with E-state index in [9.17, 15) is 4.79 Å². The smallest absolute Gasteiger partial charge is 0.273 e. The van der Waals surface area contributed by atoms with Gasteiger partial charge >= 0.3 is 0 Å². The molecule has 1 fully saturated rings. The van der Waals surface area contributed by atoms with Gasteiger partial charge in [0.15, 0.2) is 17.8 Å². The van der Waals surface area contributed by atoms with Gasteiger partial charge in [-0.25, -0.2) is 4.98 Å². The Morgan fingerprint density at radius 3 is 2.96 bits per heavy atom. The summed E-state index contributed by atoms with van der Waals surface area (Å²) in [6.45, 7) is 1.91. The molecule has 0 bridgehead atoms. The zero-order chi connectivity index (χ0) is 16.6. The molecular weight excluding hydrogens is 308 g/mol. The van der Waals surface area contributed by atoms with E-state index in [1.165, 1.54) is 6.39 Å². The van der Waals surface area contributed by atoms with Crippen LogP contribution in [-0.2, 0) is 4.74 Å². The van der Waals surface area contributed by atoms with Crippen LogP contribution in [0.15, 0.2) is 41.1 Å². The lowest BCUT2D eigenvalue weighted by Gasteiger charge is -2.09. The van der Waals surface area contributed by atoms with Crippen LogP contribution >= 0.6 is 0 Å². The summed E-state index contributed by atoms with van der Waals surface area (Å²) in [6.07, 6.45) is 4.71. The summed E-state index contributed by atoms with van der Waals surface area (Å²) in [6, 6.07) is 9.70. The molecule has 0 radical (unpaired) electrons. The first-order valence-corrected chi connectivity index (χ1v) is 8.35. The highest BCUT2D eigenvalue weighted by Crippen LogP contribution is 2.30. The third kappa shape index (κ3) is 4.35. The molecule has 1 aliphatic heterocycles. The van der Waals surface area contributed by atoms with E-state index in [0.29, 0.717) is 31.2 Å². The van der Waals surface area contributed by atoms with Crippen LogP contribution in [0.1, 0.15) is 48.0 Å². The summed E-state index contributed by atoms with van der Waals surface area (Å²) >= 11 is 0. The van der Waals surface area contributed by atoms with Crippen molar-refractivity contribution in [3.05, 3.63) is 48.2 Å². The van der Waals surface area contributed by atoms with E-state index >= 15 is 0 Å². The first-order chi connectivity index (χ1) is 11.8. The summed E-state index contributed by atoms with van der Waals surface area (Å²) in [7, 11) is 0. The number of rotatable bonds is 8. The Morgan fingerprint density at radius 2 is 2.17 bits per heavy atom. The molecular formula is C18H22N2O4. The topological polar surface area (TPSA) is 73.6 Å². The minimum absolute atomic E-state index is 0.146. The van der Waals surface area contributed by atoms with Gasteiger partial charge in [0.05, 0.1) is 6.61 Å². The zero-order valence-corrected chi connectivity index (χ0v) is 13.6. The van der Waals surface area contributed by atoms with Crippen molar-refractivity contribution in [2.24, 2.45) is 0 Å². The Labute approximate surface area is 141 Å². The molecule has 1 N–H and O–H groups in total. The fraction of sp³-hybridized carbons (Fsp3) is 0.444. The molecule has 3 rings (SSSR count). The number of nitrogens with zero attached hydrogens (tertiary/aromatic N) is 1. The molecule has 6 heteroatoms. The molecule has 0 spiro atoms. The van der Waals surface area contributed by atoms with Gasteiger partial charge in [0.25, 0.3) is 5.91 Å². The van der Waals surface area contributed by atoms with Crippen molar-refractivity contribution in [1.82, 2.24) is 10.3 Å². The fourth-order valence-corrected chi connectivity index (χ4v) is 2.66. The lowest BCUT2D eigenvalue weighted by atomic mass is 10.1. The minimum atomic E-state index is -0.210. The molecule has 24 heavy (non-hydrogen) atoms. The predicted molar refractivity (Wildman–Crippen MR) is 87.9 cm³/mol. The molecule has 1 amide bonds. The summed E-state index contributed by atoms with van der Waals surface area (Å²) < 4.78 is 16.5. The van der Waals surface area contributed by atoms with Gasteiger partial charge in [-0.3, -0.25) is 4.79 Å². The summed E-state index contributed by atoms with van der Waals surface area (Å²) in [5.74, 6) is 1.20. The molecule has 1 aromatic heterocycles. The maximum Gasteiger partial charge on any atom is 0.273 e. The molecule has 6 nitrogen and oxygen atoms in total. The van der Waals surface area contributed by atoms with Gasteiger partial charge in [-0.15, -0.1) is 0 Å². The number of unbranched alkanes of at least 4 members (excludes halogenated alkanes) is 1. The molecule has 0 unspecified atom stereocenters. The number of para-hydroxylation sites is 1. The number of hydrogen-bond acceptors (Lipinski definition) is 5. The first-order valence-electron chi connectivity index (χ1n) is 8.35. The van der Waals surface area contributed by atoms with Crippen molar-refractivity contribution in [2.45, 2.75) is 31.8 Å². The Kier molecular flexibility index (Phi) is 5.85. The SMILES string of the molecule is O=C(NCCCCOc1ccccc1)c1ncoc1[C@@H]1CCCO1. The lowest BCUT2D eigenvalue weighted by Crippen LogP contribution is -2.26. The number of benzene rings is 1. The van der Waals surface area contributed by atoms with Crippen LogP contribution in [0.4, 0.5) is 0 Å². The van der Waals surface area contributed by atoms with Crippen molar-refractivity contribution in [2.75, 3.05) is 19.8 Å². The molecule has 0 saturated carbocycles. The first kappa shape index (κ1) is 16.5. The number of ether oxygens (including phenoxy) is 2. The van der Waals surface area contributed by atoms with Gasteiger partial charge in [0.1, 0.15) is 11.9 Å². The zero-order valence-electron chi connectivity index (χ0n) is 13.6. The van der Waals surface area contributed by atoms with Gasteiger partial charge in [0.2, 0.25) is 0 Å². The van der Waals surface area contributed by atoms with Crippen molar-refractivity contribution in [3.8, 4) is 5.75 Å². The number of nitrogens with one attached hydrogen (secondary N) is 1. The Balaban J connectivity index is 1.36. The highest BCUT2D eigenvalue weighted by molar-refractivity contribution is 5.93. The van der Waals surface area contributed by atoms with Crippen LogP contribution in [0.5, 0.6) is 5.75 Å². The van der Waals surface area contributed by atoms with Crippen LogP contribution in [-0.4, -0.2) is 30.6 Å². The summed E-state index contributed by atoms with van der Waals surface area (Å²) in [4.78, 5) is 16.2. The summed E-state index contributed by atoms with van der Waals surface area (Å²) in [5, 5.41) is 2.88. The van der Waals surface area contributed by atoms with Gasteiger partial charge in [-0.1, -0.05) is 18.2 Å². The van der Waals surface area contributed by atoms with E-state index in [0.717, 1.165) is 31.4 Å². The van der Waals surface area contributed by atoms with Gasteiger partial charge in [0, 0.05) is 13.2 Å². The molecule has 2 aromatic rings. The maximum atomic E-state index is 12.2. The molecule has 128 valence electrons. The molecule has 0 aliphatic carbocycles. The molecule has 2 heterocycles. The number of amides is 1.